The molecule has 0 bridgehead atoms. The Morgan fingerprint density at radius 1 is 1.13 bits per heavy atom. The first-order valence-corrected chi connectivity index (χ1v) is 10.6. The lowest BCUT2D eigenvalue weighted by atomic mass is 10.2. The Morgan fingerprint density at radius 3 is 2.67 bits per heavy atom. The second-order valence-corrected chi connectivity index (χ2v) is 7.74. The van der Waals surface area contributed by atoms with Gasteiger partial charge in [0.1, 0.15) is 5.82 Å². The quantitative estimate of drug-likeness (QED) is 0.609. The maximum atomic E-state index is 14.0. The Kier molecular flexibility index (Phi) is 6.29. The summed E-state index contributed by atoms with van der Waals surface area (Å²) in [5.74, 6) is 0.0903. The van der Waals surface area contributed by atoms with E-state index in [2.05, 4.69) is 20.4 Å². The summed E-state index contributed by atoms with van der Waals surface area (Å²) in [6.07, 6.45) is 0. The number of rotatable bonds is 6. The topological polar surface area (TPSA) is 72.3 Å². The van der Waals surface area contributed by atoms with E-state index in [0.717, 1.165) is 24.5 Å². The summed E-state index contributed by atoms with van der Waals surface area (Å²) in [5, 5.41) is 11.7. The fourth-order valence-corrected chi connectivity index (χ4v) is 4.00. The van der Waals surface area contributed by atoms with Crippen LogP contribution in [0.4, 0.5) is 15.8 Å². The van der Waals surface area contributed by atoms with Crippen LogP contribution in [0, 0.1) is 5.82 Å². The van der Waals surface area contributed by atoms with Crippen molar-refractivity contribution >= 4 is 29.0 Å². The predicted molar refractivity (Wildman–Crippen MR) is 115 cm³/mol. The van der Waals surface area contributed by atoms with Gasteiger partial charge in [-0.2, -0.15) is 0 Å². The number of carbonyl (C=O) groups excluding carboxylic acids is 1. The molecule has 1 amide bonds. The van der Waals surface area contributed by atoms with Gasteiger partial charge in [-0.15, -0.1) is 10.2 Å². The lowest BCUT2D eigenvalue weighted by Crippen LogP contribution is -2.36. The van der Waals surface area contributed by atoms with Crippen molar-refractivity contribution < 1.29 is 13.9 Å². The molecule has 4 rings (SSSR count). The molecule has 0 unspecified atom stereocenters. The van der Waals surface area contributed by atoms with Crippen LogP contribution < -0.4 is 10.2 Å². The van der Waals surface area contributed by atoms with E-state index >= 15 is 0 Å². The van der Waals surface area contributed by atoms with Gasteiger partial charge in [0.15, 0.2) is 11.0 Å². The summed E-state index contributed by atoms with van der Waals surface area (Å²) in [4.78, 5) is 14.8. The summed E-state index contributed by atoms with van der Waals surface area (Å²) >= 11 is 1.26. The molecule has 7 nitrogen and oxygen atoms in total. The number of morpholine rings is 1. The van der Waals surface area contributed by atoms with Gasteiger partial charge in [-0.3, -0.25) is 4.79 Å². The van der Waals surface area contributed by atoms with E-state index in [9.17, 15) is 9.18 Å². The Morgan fingerprint density at radius 2 is 1.87 bits per heavy atom. The van der Waals surface area contributed by atoms with Crippen molar-refractivity contribution in [2.75, 3.05) is 42.3 Å². The second kappa shape index (κ2) is 9.27. The average molecular weight is 428 g/mol. The van der Waals surface area contributed by atoms with Crippen LogP contribution in [0.1, 0.15) is 0 Å². The molecule has 0 aliphatic carbocycles. The molecule has 1 fully saturated rings. The van der Waals surface area contributed by atoms with Crippen molar-refractivity contribution in [3.05, 3.63) is 54.3 Å². The molecule has 0 spiro atoms. The molecule has 1 saturated heterocycles. The largest absolute Gasteiger partial charge is 0.378 e. The van der Waals surface area contributed by atoms with Gasteiger partial charge in [-0.05, 0) is 24.3 Å². The van der Waals surface area contributed by atoms with Crippen LogP contribution in [0.2, 0.25) is 0 Å². The first-order chi connectivity index (χ1) is 14.6. The Labute approximate surface area is 178 Å². The van der Waals surface area contributed by atoms with Crippen LogP contribution in [0.15, 0.2) is 53.7 Å². The lowest BCUT2D eigenvalue weighted by molar-refractivity contribution is -0.113. The van der Waals surface area contributed by atoms with Crippen LogP contribution in [-0.2, 0) is 16.6 Å². The zero-order valence-corrected chi connectivity index (χ0v) is 17.4. The number of hydrogen-bond acceptors (Lipinski definition) is 6. The van der Waals surface area contributed by atoms with Crippen LogP contribution in [0.5, 0.6) is 0 Å². The molecule has 3 aromatic rings. The lowest BCUT2D eigenvalue weighted by Gasteiger charge is -2.30. The van der Waals surface area contributed by atoms with Crippen molar-refractivity contribution in [3.63, 3.8) is 0 Å². The van der Waals surface area contributed by atoms with E-state index in [1.165, 1.54) is 17.8 Å². The second-order valence-electron chi connectivity index (χ2n) is 6.80. The summed E-state index contributed by atoms with van der Waals surface area (Å²) in [6.45, 7) is 2.93. The summed E-state index contributed by atoms with van der Waals surface area (Å²) in [6, 6.07) is 14.2. The fourth-order valence-electron chi connectivity index (χ4n) is 3.29. The highest BCUT2D eigenvalue weighted by Crippen LogP contribution is 2.28. The van der Waals surface area contributed by atoms with Gasteiger partial charge in [0.25, 0.3) is 0 Å². The number of anilines is 2. The first kappa shape index (κ1) is 20.4. The molecule has 0 atom stereocenters. The molecule has 1 aliphatic heterocycles. The summed E-state index contributed by atoms with van der Waals surface area (Å²) in [7, 11) is 1.76. The van der Waals surface area contributed by atoms with E-state index in [-0.39, 0.29) is 17.5 Å². The van der Waals surface area contributed by atoms with Crippen molar-refractivity contribution in [3.8, 4) is 11.4 Å². The number of nitrogens with one attached hydrogen (secondary N) is 1. The molecule has 2 heterocycles. The third-order valence-corrected chi connectivity index (χ3v) is 5.83. The number of halogens is 1. The molecular weight excluding hydrogens is 405 g/mol. The maximum Gasteiger partial charge on any atom is 0.234 e. The standard InChI is InChI=1S/C21H22FN5O2S/c1-26-20(15-6-2-3-7-16(15)22)24-25-21(26)30-14-19(28)23-17-8-4-5-9-18(17)27-10-12-29-13-11-27/h2-9H,10-14H2,1H3,(H,23,28). The molecule has 1 aliphatic rings. The fraction of sp³-hybridized carbons (Fsp3) is 0.286. The molecule has 156 valence electrons. The molecule has 1 N–H and O–H groups in total. The smallest absolute Gasteiger partial charge is 0.234 e. The number of aromatic nitrogens is 3. The monoisotopic (exact) mass is 427 g/mol. The third-order valence-electron chi connectivity index (χ3n) is 4.81. The zero-order valence-electron chi connectivity index (χ0n) is 16.5. The van der Waals surface area contributed by atoms with Gasteiger partial charge in [0, 0.05) is 20.1 Å². The first-order valence-electron chi connectivity index (χ1n) is 9.62. The Balaban J connectivity index is 1.41. The van der Waals surface area contributed by atoms with Gasteiger partial charge in [0.2, 0.25) is 5.91 Å². The number of para-hydroxylation sites is 2. The predicted octanol–water partition coefficient (Wildman–Crippen LogP) is 3.19. The molecule has 0 radical (unpaired) electrons. The number of amides is 1. The highest BCUT2D eigenvalue weighted by molar-refractivity contribution is 7.99. The number of nitrogens with zero attached hydrogens (tertiary/aromatic N) is 4. The third kappa shape index (κ3) is 4.47. The van der Waals surface area contributed by atoms with E-state index in [0.29, 0.717) is 29.8 Å². The normalized spacial score (nSPS) is 14.0. The molecule has 30 heavy (non-hydrogen) atoms. The van der Waals surface area contributed by atoms with Crippen molar-refractivity contribution in [1.29, 1.82) is 0 Å². The SMILES string of the molecule is Cn1c(SCC(=O)Nc2ccccc2N2CCOCC2)nnc1-c1ccccc1F. The molecule has 2 aromatic carbocycles. The summed E-state index contributed by atoms with van der Waals surface area (Å²) in [5.41, 5.74) is 2.14. The van der Waals surface area contributed by atoms with Gasteiger partial charge >= 0.3 is 0 Å². The highest BCUT2D eigenvalue weighted by atomic mass is 32.2. The maximum absolute atomic E-state index is 14.0. The molecular formula is C21H22FN5O2S. The average Bonchev–Trinajstić information content (AvgIpc) is 3.14. The minimum absolute atomic E-state index is 0.142. The van der Waals surface area contributed by atoms with Crippen molar-refractivity contribution in [1.82, 2.24) is 14.8 Å². The molecule has 0 saturated carbocycles. The van der Waals surface area contributed by atoms with Crippen LogP contribution in [-0.4, -0.2) is 52.7 Å². The zero-order chi connectivity index (χ0) is 20.9. The van der Waals surface area contributed by atoms with Gasteiger partial charge in [-0.25, -0.2) is 4.39 Å². The number of benzene rings is 2. The highest BCUT2D eigenvalue weighted by Gasteiger charge is 2.18. The van der Waals surface area contributed by atoms with Crippen LogP contribution >= 0.6 is 11.8 Å². The van der Waals surface area contributed by atoms with Gasteiger partial charge in [0.05, 0.1) is 35.9 Å². The number of thioether (sulfide) groups is 1. The van der Waals surface area contributed by atoms with Crippen LogP contribution in [0.3, 0.4) is 0 Å². The molecule has 1 aromatic heterocycles. The minimum Gasteiger partial charge on any atom is -0.378 e. The van der Waals surface area contributed by atoms with E-state index in [1.54, 1.807) is 29.8 Å². The Bertz CT molecular complexity index is 1040. The molecule has 9 heteroatoms. The number of carbonyl (C=O) groups is 1. The van der Waals surface area contributed by atoms with Crippen molar-refractivity contribution in [2.45, 2.75) is 5.16 Å². The van der Waals surface area contributed by atoms with E-state index in [4.69, 9.17) is 4.74 Å². The van der Waals surface area contributed by atoms with Gasteiger partial charge in [-0.1, -0.05) is 36.0 Å². The van der Waals surface area contributed by atoms with Gasteiger partial charge < -0.3 is 19.5 Å². The number of ether oxygens (including phenoxy) is 1. The van der Waals surface area contributed by atoms with Crippen LogP contribution in [0.25, 0.3) is 11.4 Å². The Hall–Kier alpha value is -2.91. The van der Waals surface area contributed by atoms with Crippen molar-refractivity contribution in [2.24, 2.45) is 7.05 Å². The number of hydrogen-bond donors (Lipinski definition) is 1. The van der Waals surface area contributed by atoms with E-state index in [1.807, 2.05) is 24.3 Å². The summed E-state index contributed by atoms with van der Waals surface area (Å²) < 4.78 is 21.2. The minimum atomic E-state index is -0.359. The van der Waals surface area contributed by atoms with E-state index < -0.39 is 0 Å².